The standard InChI is InChI=1S/C10H6O3/c11-5-7-3-8-1-2-13-10(8)9(4-7)6-12/h1-6H. The molecular formula is C10H6O3. The van der Waals surface area contributed by atoms with Crippen molar-refractivity contribution in [1.82, 2.24) is 0 Å². The van der Waals surface area contributed by atoms with E-state index < -0.39 is 0 Å². The summed E-state index contributed by atoms with van der Waals surface area (Å²) in [7, 11) is 0. The van der Waals surface area contributed by atoms with Gasteiger partial charge in [0, 0.05) is 10.9 Å². The van der Waals surface area contributed by atoms with Gasteiger partial charge in [0.1, 0.15) is 11.9 Å². The van der Waals surface area contributed by atoms with Crippen molar-refractivity contribution in [3.05, 3.63) is 35.6 Å². The second-order valence-electron chi connectivity index (χ2n) is 2.68. The zero-order chi connectivity index (χ0) is 9.26. The van der Waals surface area contributed by atoms with E-state index in [1.54, 1.807) is 12.1 Å². The number of fused-ring (bicyclic) bond motifs is 1. The molecule has 3 nitrogen and oxygen atoms in total. The van der Waals surface area contributed by atoms with Gasteiger partial charge in [-0.3, -0.25) is 9.59 Å². The Morgan fingerprint density at radius 2 is 2.00 bits per heavy atom. The monoisotopic (exact) mass is 174 g/mol. The Bertz CT molecular complexity index is 468. The maximum atomic E-state index is 10.6. The van der Waals surface area contributed by atoms with Gasteiger partial charge in [-0.2, -0.15) is 0 Å². The first-order valence-corrected chi connectivity index (χ1v) is 3.77. The molecule has 0 fully saturated rings. The minimum Gasteiger partial charge on any atom is -0.464 e. The van der Waals surface area contributed by atoms with Crippen molar-refractivity contribution < 1.29 is 14.0 Å². The van der Waals surface area contributed by atoms with Crippen LogP contribution in [0.25, 0.3) is 11.0 Å². The number of aldehydes is 2. The van der Waals surface area contributed by atoms with Gasteiger partial charge in [-0.15, -0.1) is 0 Å². The van der Waals surface area contributed by atoms with E-state index in [1.165, 1.54) is 12.3 Å². The smallest absolute Gasteiger partial charge is 0.153 e. The van der Waals surface area contributed by atoms with E-state index >= 15 is 0 Å². The van der Waals surface area contributed by atoms with Gasteiger partial charge in [0.05, 0.1) is 11.8 Å². The lowest BCUT2D eigenvalue weighted by atomic mass is 10.1. The van der Waals surface area contributed by atoms with E-state index in [0.717, 1.165) is 5.39 Å². The maximum absolute atomic E-state index is 10.6. The van der Waals surface area contributed by atoms with Crippen LogP contribution in [0.3, 0.4) is 0 Å². The van der Waals surface area contributed by atoms with Gasteiger partial charge in [-0.1, -0.05) is 0 Å². The second-order valence-corrected chi connectivity index (χ2v) is 2.68. The van der Waals surface area contributed by atoms with E-state index in [9.17, 15) is 9.59 Å². The van der Waals surface area contributed by atoms with Gasteiger partial charge < -0.3 is 4.42 Å². The SMILES string of the molecule is O=Cc1cc(C=O)c2occc2c1. The third kappa shape index (κ3) is 1.14. The Hall–Kier alpha value is -1.90. The van der Waals surface area contributed by atoms with Crippen molar-refractivity contribution >= 4 is 23.5 Å². The molecule has 0 atom stereocenters. The highest BCUT2D eigenvalue weighted by atomic mass is 16.3. The minimum absolute atomic E-state index is 0.407. The largest absolute Gasteiger partial charge is 0.464 e. The lowest BCUT2D eigenvalue weighted by Crippen LogP contribution is -1.85. The summed E-state index contributed by atoms with van der Waals surface area (Å²) in [4.78, 5) is 21.1. The topological polar surface area (TPSA) is 47.3 Å². The van der Waals surface area contributed by atoms with Crippen molar-refractivity contribution in [3.8, 4) is 0 Å². The zero-order valence-corrected chi connectivity index (χ0v) is 6.69. The van der Waals surface area contributed by atoms with Crippen molar-refractivity contribution in [3.63, 3.8) is 0 Å². The predicted octanol–water partition coefficient (Wildman–Crippen LogP) is 2.06. The van der Waals surface area contributed by atoms with Gasteiger partial charge in [-0.25, -0.2) is 0 Å². The summed E-state index contributed by atoms with van der Waals surface area (Å²) >= 11 is 0. The van der Waals surface area contributed by atoms with Crippen LogP contribution in [-0.4, -0.2) is 12.6 Å². The Morgan fingerprint density at radius 3 is 2.69 bits per heavy atom. The van der Waals surface area contributed by atoms with Gasteiger partial charge >= 0.3 is 0 Å². The van der Waals surface area contributed by atoms with E-state index in [4.69, 9.17) is 4.42 Å². The average molecular weight is 174 g/mol. The fourth-order valence-corrected chi connectivity index (χ4v) is 1.29. The van der Waals surface area contributed by atoms with Gasteiger partial charge in [-0.05, 0) is 18.2 Å². The van der Waals surface area contributed by atoms with Crippen LogP contribution < -0.4 is 0 Å². The number of benzene rings is 1. The van der Waals surface area contributed by atoms with Crippen molar-refractivity contribution in [2.75, 3.05) is 0 Å². The fraction of sp³-hybridized carbons (Fsp3) is 0. The van der Waals surface area contributed by atoms with Gasteiger partial charge in [0.2, 0.25) is 0 Å². The highest BCUT2D eigenvalue weighted by Gasteiger charge is 2.05. The van der Waals surface area contributed by atoms with Gasteiger partial charge in [0.25, 0.3) is 0 Å². The van der Waals surface area contributed by atoms with Crippen LogP contribution in [0.2, 0.25) is 0 Å². The Kier molecular flexibility index (Phi) is 1.70. The molecule has 64 valence electrons. The van der Waals surface area contributed by atoms with Crippen LogP contribution in [0.1, 0.15) is 20.7 Å². The summed E-state index contributed by atoms with van der Waals surface area (Å²) in [6.07, 6.45) is 2.88. The Labute approximate surface area is 74.0 Å². The van der Waals surface area contributed by atoms with Crippen molar-refractivity contribution in [2.24, 2.45) is 0 Å². The van der Waals surface area contributed by atoms with E-state index in [-0.39, 0.29) is 0 Å². The molecule has 1 aromatic heterocycles. The van der Waals surface area contributed by atoms with Crippen LogP contribution >= 0.6 is 0 Å². The molecule has 1 aromatic carbocycles. The summed E-state index contributed by atoms with van der Waals surface area (Å²) in [5, 5.41) is 0.770. The first-order chi connectivity index (χ1) is 6.35. The number of hydrogen-bond acceptors (Lipinski definition) is 3. The first kappa shape index (κ1) is 7.73. The third-order valence-corrected chi connectivity index (χ3v) is 1.87. The summed E-state index contributed by atoms with van der Waals surface area (Å²) in [5.41, 5.74) is 1.42. The molecule has 13 heavy (non-hydrogen) atoms. The van der Waals surface area contributed by atoms with E-state index in [1.807, 2.05) is 0 Å². The second kappa shape index (κ2) is 2.86. The minimum atomic E-state index is 0.407. The van der Waals surface area contributed by atoms with E-state index in [0.29, 0.717) is 29.3 Å². The molecule has 0 unspecified atom stereocenters. The highest BCUT2D eigenvalue weighted by molar-refractivity contribution is 5.98. The fourth-order valence-electron chi connectivity index (χ4n) is 1.29. The summed E-state index contributed by atoms with van der Waals surface area (Å²) in [5.74, 6) is 0. The number of hydrogen-bond donors (Lipinski definition) is 0. The Morgan fingerprint density at radius 1 is 1.15 bits per heavy atom. The quantitative estimate of drug-likeness (QED) is 0.654. The van der Waals surface area contributed by atoms with Crippen molar-refractivity contribution in [1.29, 1.82) is 0 Å². The lowest BCUT2D eigenvalue weighted by Gasteiger charge is -1.94. The summed E-state index contributed by atoms with van der Waals surface area (Å²) in [6.45, 7) is 0. The third-order valence-electron chi connectivity index (χ3n) is 1.87. The van der Waals surface area contributed by atoms with Crippen molar-refractivity contribution in [2.45, 2.75) is 0 Å². The first-order valence-electron chi connectivity index (χ1n) is 3.77. The molecule has 1 heterocycles. The number of rotatable bonds is 2. The van der Waals surface area contributed by atoms with Crippen LogP contribution in [0.15, 0.2) is 28.9 Å². The lowest BCUT2D eigenvalue weighted by molar-refractivity contribution is 0.112. The van der Waals surface area contributed by atoms with Crippen LogP contribution in [0, 0.1) is 0 Å². The molecule has 2 aromatic rings. The van der Waals surface area contributed by atoms with Crippen LogP contribution in [0.5, 0.6) is 0 Å². The highest BCUT2D eigenvalue weighted by Crippen LogP contribution is 2.20. The summed E-state index contributed by atoms with van der Waals surface area (Å²) < 4.78 is 5.09. The molecule has 0 bridgehead atoms. The molecule has 0 radical (unpaired) electrons. The molecule has 3 heteroatoms. The Balaban J connectivity index is 2.84. The molecule has 0 saturated heterocycles. The normalized spacial score (nSPS) is 10.2. The molecule has 0 aliphatic heterocycles. The van der Waals surface area contributed by atoms with Crippen LogP contribution in [0.4, 0.5) is 0 Å². The molecule has 2 rings (SSSR count). The molecule has 0 saturated carbocycles. The molecule has 0 aliphatic rings. The van der Waals surface area contributed by atoms with Gasteiger partial charge in [0.15, 0.2) is 6.29 Å². The number of furan rings is 1. The predicted molar refractivity (Wildman–Crippen MR) is 47.0 cm³/mol. The average Bonchev–Trinajstić information content (AvgIpc) is 2.63. The molecule has 0 amide bonds. The van der Waals surface area contributed by atoms with Crippen LogP contribution in [-0.2, 0) is 0 Å². The summed E-state index contributed by atoms with van der Waals surface area (Å²) in [6, 6.07) is 4.90. The number of carbonyl (C=O) groups excluding carboxylic acids is 2. The zero-order valence-electron chi connectivity index (χ0n) is 6.69. The maximum Gasteiger partial charge on any atom is 0.153 e. The molecular weight excluding hydrogens is 168 g/mol. The molecule has 0 spiro atoms. The molecule has 0 aliphatic carbocycles. The van der Waals surface area contributed by atoms with E-state index in [2.05, 4.69) is 0 Å². The number of carbonyl (C=O) groups is 2. The molecule has 0 N–H and O–H groups in total.